The number of alkyl halides is 2. The van der Waals surface area contributed by atoms with E-state index in [0.717, 1.165) is 42.7 Å². The van der Waals surface area contributed by atoms with Gasteiger partial charge in [0.25, 0.3) is 15.9 Å². The number of sulfonamides is 1. The van der Waals surface area contributed by atoms with Crippen molar-refractivity contribution in [3.63, 3.8) is 0 Å². The smallest absolute Gasteiger partial charge is 0.341 e. The van der Waals surface area contributed by atoms with Crippen LogP contribution in [0.1, 0.15) is 81.5 Å². The Morgan fingerprint density at radius 2 is 1.55 bits per heavy atom. The van der Waals surface area contributed by atoms with Gasteiger partial charge >= 0.3 is 5.76 Å². The number of halogens is 2. The van der Waals surface area contributed by atoms with Crippen LogP contribution in [-0.4, -0.2) is 39.6 Å². The summed E-state index contributed by atoms with van der Waals surface area (Å²) in [6.07, 6.45) is 11.9. The zero-order valence-electron chi connectivity index (χ0n) is 23.8. The molecule has 0 aliphatic rings. The summed E-state index contributed by atoms with van der Waals surface area (Å²) in [6, 6.07) is 9.12. The summed E-state index contributed by atoms with van der Waals surface area (Å²) >= 11 is 1.04. The van der Waals surface area contributed by atoms with Crippen molar-refractivity contribution in [2.45, 2.75) is 86.7 Å². The molecule has 3 rings (SSSR count). The van der Waals surface area contributed by atoms with E-state index < -0.39 is 30.5 Å². The number of hydrogen-bond donors (Lipinski definition) is 2. The first-order valence-electron chi connectivity index (χ1n) is 14.0. The molecule has 0 atom stereocenters. The molecule has 1 amide bonds. The zero-order valence-corrected chi connectivity index (χ0v) is 26.3. The van der Waals surface area contributed by atoms with Crippen LogP contribution in [0.4, 0.5) is 8.78 Å². The average Bonchev–Trinajstić information content (AvgIpc) is 3.29. The Kier molecular flexibility index (Phi) is 12.5. The van der Waals surface area contributed by atoms with Crippen molar-refractivity contribution in [1.82, 2.24) is 14.7 Å². The van der Waals surface area contributed by atoms with Gasteiger partial charge in [-0.25, -0.2) is 8.42 Å². The minimum Gasteiger partial charge on any atom is -0.352 e. The molecule has 14 heteroatoms. The van der Waals surface area contributed by atoms with E-state index in [1.807, 2.05) is 0 Å². The quantitative estimate of drug-likeness (QED) is 0.144. The van der Waals surface area contributed by atoms with Gasteiger partial charge in [0.2, 0.25) is 14.6 Å². The fraction of sp³-hybridized carbons (Fsp3) is 0.500. The standard InChI is InChI=1S/C28H38F2N4O5S3/c1-3-4-5-6-7-8-9-10-11-12-18-31-26(35)21-14-13-15-23(19-21)42(38,39)33-32-28-34(2)24-20-22(16-17-25(24)40-28)41(36,37)27(29)30/h13-17,19-20,27,33H,3-12,18H2,1-2H3,(H,31,35). The average molecular weight is 645 g/mol. The summed E-state index contributed by atoms with van der Waals surface area (Å²) in [5, 5.41) is 6.78. The lowest BCUT2D eigenvalue weighted by atomic mass is 10.1. The van der Waals surface area contributed by atoms with Gasteiger partial charge in [0.1, 0.15) is 0 Å². The molecule has 1 heterocycles. The molecule has 2 N–H and O–H groups in total. The lowest BCUT2D eigenvalue weighted by molar-refractivity contribution is 0.0952. The molecule has 42 heavy (non-hydrogen) atoms. The number of unbranched alkanes of at least 4 members (excludes halogenated alkanes) is 9. The molecule has 0 bridgehead atoms. The normalized spacial score (nSPS) is 12.7. The van der Waals surface area contributed by atoms with E-state index in [9.17, 15) is 30.4 Å². The number of thiazole rings is 1. The Hall–Kier alpha value is -2.84. The fourth-order valence-electron chi connectivity index (χ4n) is 4.37. The van der Waals surface area contributed by atoms with E-state index in [4.69, 9.17) is 0 Å². The highest BCUT2D eigenvalue weighted by Crippen LogP contribution is 2.24. The number of amides is 1. The Morgan fingerprint density at radius 1 is 0.905 bits per heavy atom. The predicted octanol–water partition coefficient (Wildman–Crippen LogP) is 5.68. The van der Waals surface area contributed by atoms with Crippen LogP contribution in [0.5, 0.6) is 0 Å². The van der Waals surface area contributed by atoms with Crippen LogP contribution in [0.3, 0.4) is 0 Å². The summed E-state index contributed by atoms with van der Waals surface area (Å²) < 4.78 is 77.3. The number of benzene rings is 2. The molecule has 0 radical (unpaired) electrons. The van der Waals surface area contributed by atoms with Crippen molar-refractivity contribution < 1.29 is 30.4 Å². The predicted molar refractivity (Wildman–Crippen MR) is 160 cm³/mol. The van der Waals surface area contributed by atoms with E-state index in [2.05, 4.69) is 22.2 Å². The monoisotopic (exact) mass is 644 g/mol. The molecular formula is C28H38F2N4O5S3. The van der Waals surface area contributed by atoms with E-state index >= 15 is 0 Å². The third-order valence-corrected chi connectivity index (χ3v) is 10.5. The molecule has 2 aromatic carbocycles. The molecule has 0 spiro atoms. The third kappa shape index (κ3) is 9.08. The third-order valence-electron chi connectivity index (χ3n) is 6.83. The van der Waals surface area contributed by atoms with Gasteiger partial charge in [-0.05, 0) is 42.8 Å². The van der Waals surface area contributed by atoms with Gasteiger partial charge in [-0.2, -0.15) is 22.0 Å². The zero-order chi connectivity index (χ0) is 30.8. The molecule has 0 aliphatic heterocycles. The van der Waals surface area contributed by atoms with Gasteiger partial charge in [-0.1, -0.05) is 82.1 Å². The number of nitrogens with one attached hydrogen (secondary N) is 2. The van der Waals surface area contributed by atoms with Crippen LogP contribution in [0.15, 0.2) is 57.4 Å². The minimum atomic E-state index is -4.79. The van der Waals surface area contributed by atoms with Gasteiger partial charge in [0.05, 0.1) is 20.0 Å². The van der Waals surface area contributed by atoms with E-state index in [0.29, 0.717) is 16.8 Å². The molecule has 0 saturated heterocycles. The van der Waals surface area contributed by atoms with Crippen molar-refractivity contribution >= 4 is 47.3 Å². The number of carbonyl (C=O) groups is 1. The summed E-state index contributed by atoms with van der Waals surface area (Å²) in [5.74, 6) is -3.93. The van der Waals surface area contributed by atoms with Crippen LogP contribution < -0.4 is 14.9 Å². The number of aryl methyl sites for hydroxylation is 1. The topological polar surface area (TPSA) is 127 Å². The van der Waals surface area contributed by atoms with Gasteiger partial charge in [-0.15, -0.1) is 5.10 Å². The number of aromatic nitrogens is 1. The van der Waals surface area contributed by atoms with Crippen LogP contribution in [0, 0.1) is 0 Å². The van der Waals surface area contributed by atoms with Gasteiger partial charge < -0.3 is 9.88 Å². The van der Waals surface area contributed by atoms with Gasteiger partial charge in [-0.3, -0.25) is 4.79 Å². The van der Waals surface area contributed by atoms with Gasteiger partial charge in [0, 0.05) is 19.2 Å². The minimum absolute atomic E-state index is 0.158. The second-order valence-electron chi connectivity index (χ2n) is 10.1. The molecule has 9 nitrogen and oxygen atoms in total. The van der Waals surface area contributed by atoms with Crippen molar-refractivity contribution in [2.24, 2.45) is 12.1 Å². The van der Waals surface area contributed by atoms with E-state index in [1.165, 1.54) is 86.9 Å². The summed E-state index contributed by atoms with van der Waals surface area (Å²) in [7, 11) is -7.44. The Morgan fingerprint density at radius 3 is 2.19 bits per heavy atom. The fourth-order valence-corrected chi connectivity index (χ4v) is 6.97. The molecule has 0 unspecified atom stereocenters. The molecule has 1 aromatic heterocycles. The highest BCUT2D eigenvalue weighted by Gasteiger charge is 2.27. The molecule has 0 fully saturated rings. The first kappa shape index (κ1) is 33.7. The van der Waals surface area contributed by atoms with Crippen molar-refractivity contribution in [2.75, 3.05) is 6.54 Å². The lowest BCUT2D eigenvalue weighted by Crippen LogP contribution is -2.26. The van der Waals surface area contributed by atoms with Crippen LogP contribution in [0.2, 0.25) is 0 Å². The summed E-state index contributed by atoms with van der Waals surface area (Å²) in [6.45, 7) is 2.71. The van der Waals surface area contributed by atoms with Crippen molar-refractivity contribution in [3.8, 4) is 0 Å². The summed E-state index contributed by atoms with van der Waals surface area (Å²) in [5.41, 5.74) is 0.492. The molecule has 3 aromatic rings. The van der Waals surface area contributed by atoms with Gasteiger partial charge in [0.15, 0.2) is 0 Å². The number of carbonyl (C=O) groups excluding carboxylic acids is 1. The molecule has 0 saturated carbocycles. The molecule has 0 aliphatic carbocycles. The Bertz CT molecular complexity index is 1630. The SMILES string of the molecule is CCCCCCCCCCCCNC(=O)c1cccc(S(=O)(=O)NN=c2sc3ccc(S(=O)(=O)C(F)F)cc3n2C)c1. The highest BCUT2D eigenvalue weighted by atomic mass is 32.2. The second-order valence-corrected chi connectivity index (χ2v) is 14.6. The first-order valence-corrected chi connectivity index (χ1v) is 17.9. The number of nitrogens with zero attached hydrogens (tertiary/aromatic N) is 2. The highest BCUT2D eigenvalue weighted by molar-refractivity contribution is 7.91. The Balaban J connectivity index is 1.58. The maximum atomic E-state index is 13.0. The van der Waals surface area contributed by atoms with E-state index in [-0.39, 0.29) is 21.2 Å². The summed E-state index contributed by atoms with van der Waals surface area (Å²) in [4.78, 5) is 14.2. The van der Waals surface area contributed by atoms with Crippen LogP contribution >= 0.6 is 11.3 Å². The van der Waals surface area contributed by atoms with Crippen molar-refractivity contribution in [1.29, 1.82) is 0 Å². The maximum Gasteiger partial charge on any atom is 0.341 e. The number of hydrogen-bond acceptors (Lipinski definition) is 7. The van der Waals surface area contributed by atoms with Crippen molar-refractivity contribution in [3.05, 3.63) is 52.8 Å². The number of rotatable bonds is 17. The molecule has 232 valence electrons. The first-order chi connectivity index (χ1) is 20.0. The number of fused-ring (bicyclic) bond motifs is 1. The Labute approximate surface area is 250 Å². The largest absolute Gasteiger partial charge is 0.352 e. The van der Waals surface area contributed by atoms with Crippen LogP contribution in [0.25, 0.3) is 10.2 Å². The number of sulfone groups is 1. The van der Waals surface area contributed by atoms with E-state index in [1.54, 1.807) is 0 Å². The van der Waals surface area contributed by atoms with Crippen LogP contribution in [-0.2, 0) is 26.9 Å². The maximum absolute atomic E-state index is 13.0. The lowest BCUT2D eigenvalue weighted by Gasteiger charge is -2.08. The second kappa shape index (κ2) is 15.6. The molecular weight excluding hydrogens is 607 g/mol.